The number of hydrazine groups is 1. The van der Waals surface area contributed by atoms with Crippen LogP contribution in [0.25, 0.3) is 0 Å². The summed E-state index contributed by atoms with van der Waals surface area (Å²) in [4.78, 5) is 37.0. The van der Waals surface area contributed by atoms with Crippen LogP contribution in [0.2, 0.25) is 0 Å². The van der Waals surface area contributed by atoms with Gasteiger partial charge in [0.2, 0.25) is 0 Å². The highest BCUT2D eigenvalue weighted by atomic mass is 32.2. The number of amides is 3. The monoisotopic (exact) mass is 490 g/mol. The molecule has 4 N–H and O–H groups in total. The fourth-order valence-electron chi connectivity index (χ4n) is 2.73. The molecule has 0 saturated carbocycles. The zero-order valence-corrected chi connectivity index (χ0v) is 19.3. The topological polar surface area (TPSA) is 147 Å². The Hall–Kier alpha value is -3.64. The number of thiophene rings is 1. The summed E-state index contributed by atoms with van der Waals surface area (Å²) in [5, 5.41) is 4.22. The van der Waals surface area contributed by atoms with Crippen molar-refractivity contribution in [2.75, 3.05) is 4.72 Å². The molecule has 0 fully saturated rings. The van der Waals surface area contributed by atoms with Crippen LogP contribution < -0.4 is 20.9 Å². The van der Waals surface area contributed by atoms with Crippen LogP contribution in [0.1, 0.15) is 34.8 Å². The number of anilines is 1. The fourth-order valence-corrected chi connectivity index (χ4v) is 4.79. The Balaban J connectivity index is 1.56. The molecule has 12 heteroatoms. The molecule has 33 heavy (non-hydrogen) atoms. The van der Waals surface area contributed by atoms with Crippen LogP contribution in [-0.2, 0) is 14.8 Å². The van der Waals surface area contributed by atoms with Crippen LogP contribution >= 0.6 is 11.3 Å². The SMILES string of the molecule is CC(C)C(NC(=O)c1ccco1)C(=O)NNC(=O)c1ccc(NS(=O)(=O)c2cccs2)cc1. The molecule has 3 rings (SSSR count). The normalized spacial score (nSPS) is 12.1. The Morgan fingerprint density at radius 2 is 1.67 bits per heavy atom. The average molecular weight is 491 g/mol. The van der Waals surface area contributed by atoms with Crippen molar-refractivity contribution < 1.29 is 27.2 Å². The highest BCUT2D eigenvalue weighted by Crippen LogP contribution is 2.20. The van der Waals surface area contributed by atoms with Gasteiger partial charge in [0.1, 0.15) is 10.3 Å². The molecule has 2 aromatic heterocycles. The molecule has 0 radical (unpaired) electrons. The predicted octanol–water partition coefficient (Wildman–Crippen LogP) is 2.36. The molecular weight excluding hydrogens is 468 g/mol. The van der Waals surface area contributed by atoms with Crippen molar-refractivity contribution in [1.29, 1.82) is 0 Å². The lowest BCUT2D eigenvalue weighted by molar-refractivity contribution is -0.124. The minimum absolute atomic E-state index is 0.0623. The molecular formula is C21H22N4O6S2. The van der Waals surface area contributed by atoms with E-state index >= 15 is 0 Å². The van der Waals surface area contributed by atoms with Gasteiger partial charge in [0, 0.05) is 11.3 Å². The molecule has 0 saturated heterocycles. The van der Waals surface area contributed by atoms with Crippen LogP contribution in [0.3, 0.4) is 0 Å². The minimum atomic E-state index is -3.70. The summed E-state index contributed by atoms with van der Waals surface area (Å²) in [6, 6.07) is 10.9. The standard InChI is InChI=1S/C21H22N4O6S2/c1-13(2)18(22-20(27)16-5-3-11-31-16)21(28)24-23-19(26)14-7-9-15(10-8-14)25-33(29,30)17-6-4-12-32-17/h3-13,18,25H,1-2H3,(H,22,27)(H,23,26)(H,24,28). The van der Waals surface area contributed by atoms with E-state index < -0.39 is 33.8 Å². The first-order valence-electron chi connectivity index (χ1n) is 9.78. The number of hydrogen-bond acceptors (Lipinski definition) is 7. The van der Waals surface area contributed by atoms with E-state index in [1.807, 2.05) is 0 Å². The van der Waals surface area contributed by atoms with E-state index in [4.69, 9.17) is 4.42 Å². The van der Waals surface area contributed by atoms with Crippen LogP contribution in [0, 0.1) is 5.92 Å². The number of carbonyl (C=O) groups excluding carboxylic acids is 3. The van der Waals surface area contributed by atoms with Crippen molar-refractivity contribution in [3.05, 3.63) is 71.5 Å². The van der Waals surface area contributed by atoms with Crippen molar-refractivity contribution in [2.45, 2.75) is 24.1 Å². The molecule has 174 valence electrons. The number of sulfonamides is 1. The van der Waals surface area contributed by atoms with E-state index in [0.29, 0.717) is 0 Å². The van der Waals surface area contributed by atoms with E-state index in [-0.39, 0.29) is 27.1 Å². The quantitative estimate of drug-likeness (QED) is 0.357. The van der Waals surface area contributed by atoms with Crippen LogP contribution in [0.15, 0.2) is 68.8 Å². The van der Waals surface area contributed by atoms with Gasteiger partial charge >= 0.3 is 0 Å². The van der Waals surface area contributed by atoms with E-state index in [2.05, 4.69) is 20.9 Å². The van der Waals surface area contributed by atoms with Crippen molar-refractivity contribution >= 4 is 44.8 Å². The van der Waals surface area contributed by atoms with Gasteiger partial charge in [-0.2, -0.15) is 0 Å². The summed E-state index contributed by atoms with van der Waals surface area (Å²) in [6.07, 6.45) is 1.35. The Kier molecular flexibility index (Phi) is 7.51. The predicted molar refractivity (Wildman–Crippen MR) is 122 cm³/mol. The van der Waals surface area contributed by atoms with Gasteiger partial charge in [0.25, 0.3) is 27.7 Å². The van der Waals surface area contributed by atoms with Crippen molar-refractivity contribution in [3.8, 4) is 0 Å². The first kappa shape index (κ1) is 24.0. The van der Waals surface area contributed by atoms with Gasteiger partial charge in [0.15, 0.2) is 5.76 Å². The summed E-state index contributed by atoms with van der Waals surface area (Å²) in [5.74, 6) is -1.99. The van der Waals surface area contributed by atoms with Gasteiger partial charge in [-0.1, -0.05) is 19.9 Å². The third-order valence-electron chi connectivity index (χ3n) is 4.44. The number of carbonyl (C=O) groups is 3. The smallest absolute Gasteiger partial charge is 0.287 e. The molecule has 1 aromatic carbocycles. The first-order chi connectivity index (χ1) is 15.7. The first-order valence-corrected chi connectivity index (χ1v) is 12.1. The second kappa shape index (κ2) is 10.3. The Labute approximate surface area is 194 Å². The Morgan fingerprint density at radius 3 is 2.24 bits per heavy atom. The van der Waals surface area contributed by atoms with Crippen LogP contribution in [-0.4, -0.2) is 32.2 Å². The van der Waals surface area contributed by atoms with Gasteiger partial charge < -0.3 is 9.73 Å². The minimum Gasteiger partial charge on any atom is -0.459 e. The number of rotatable bonds is 8. The molecule has 1 atom stereocenters. The maximum atomic E-state index is 12.5. The highest BCUT2D eigenvalue weighted by molar-refractivity contribution is 7.94. The van der Waals surface area contributed by atoms with Crippen LogP contribution in [0.4, 0.5) is 5.69 Å². The lowest BCUT2D eigenvalue weighted by Gasteiger charge is -2.21. The van der Waals surface area contributed by atoms with Crippen molar-refractivity contribution in [1.82, 2.24) is 16.2 Å². The zero-order valence-electron chi connectivity index (χ0n) is 17.7. The fraction of sp³-hybridized carbons (Fsp3) is 0.190. The van der Waals surface area contributed by atoms with Crippen molar-refractivity contribution in [2.24, 2.45) is 5.92 Å². The molecule has 2 heterocycles. The van der Waals surface area contributed by atoms with E-state index in [9.17, 15) is 22.8 Å². The molecule has 0 spiro atoms. The van der Waals surface area contributed by atoms with Gasteiger partial charge in [0.05, 0.1) is 6.26 Å². The number of hydrogen-bond donors (Lipinski definition) is 4. The molecule has 3 aromatic rings. The molecule has 0 aliphatic carbocycles. The summed E-state index contributed by atoms with van der Waals surface area (Å²) < 4.78 is 32.1. The lowest BCUT2D eigenvalue weighted by atomic mass is 10.0. The van der Waals surface area contributed by atoms with Crippen molar-refractivity contribution in [3.63, 3.8) is 0 Å². The molecule has 0 bridgehead atoms. The number of nitrogens with one attached hydrogen (secondary N) is 4. The number of benzene rings is 1. The second-order valence-corrected chi connectivity index (χ2v) is 10.1. The maximum absolute atomic E-state index is 12.5. The Bertz CT molecular complexity index is 1200. The lowest BCUT2D eigenvalue weighted by Crippen LogP contribution is -2.54. The van der Waals surface area contributed by atoms with Crippen LogP contribution in [0.5, 0.6) is 0 Å². The van der Waals surface area contributed by atoms with E-state index in [0.717, 1.165) is 11.3 Å². The molecule has 3 amide bonds. The average Bonchev–Trinajstić information content (AvgIpc) is 3.50. The second-order valence-electron chi connectivity index (χ2n) is 7.23. The Morgan fingerprint density at radius 1 is 0.939 bits per heavy atom. The molecule has 1 unspecified atom stereocenters. The summed E-state index contributed by atoms with van der Waals surface area (Å²) in [7, 11) is -3.70. The van der Waals surface area contributed by atoms with Gasteiger partial charge in [-0.05, 0) is 53.8 Å². The van der Waals surface area contributed by atoms with Gasteiger partial charge in [-0.3, -0.25) is 30.0 Å². The third-order valence-corrected chi connectivity index (χ3v) is 7.22. The van der Waals surface area contributed by atoms with E-state index in [1.54, 1.807) is 31.4 Å². The highest BCUT2D eigenvalue weighted by Gasteiger charge is 2.26. The van der Waals surface area contributed by atoms with Gasteiger partial charge in [-0.25, -0.2) is 8.42 Å². The summed E-state index contributed by atoms with van der Waals surface area (Å²) >= 11 is 1.09. The van der Waals surface area contributed by atoms with Gasteiger partial charge in [-0.15, -0.1) is 11.3 Å². The molecule has 10 nitrogen and oxygen atoms in total. The third kappa shape index (κ3) is 6.20. The largest absolute Gasteiger partial charge is 0.459 e. The van der Waals surface area contributed by atoms with E-state index in [1.165, 1.54) is 42.7 Å². The molecule has 0 aliphatic heterocycles. The summed E-state index contributed by atoms with van der Waals surface area (Å²) in [6.45, 7) is 3.48. The molecule has 0 aliphatic rings. The maximum Gasteiger partial charge on any atom is 0.287 e. The number of furan rings is 1. The zero-order chi connectivity index (χ0) is 24.0. The summed E-state index contributed by atoms with van der Waals surface area (Å²) in [5.41, 5.74) is 5.04.